The van der Waals surface area contributed by atoms with Crippen LogP contribution < -0.4 is 5.32 Å². The van der Waals surface area contributed by atoms with E-state index < -0.39 is 0 Å². The molecule has 2 rings (SSSR count). The third-order valence-electron chi connectivity index (χ3n) is 4.32. The summed E-state index contributed by atoms with van der Waals surface area (Å²) < 4.78 is 10.2. The van der Waals surface area contributed by atoms with Crippen LogP contribution in [0.3, 0.4) is 0 Å². The molecule has 0 bridgehead atoms. The Balaban J connectivity index is 1.61. The summed E-state index contributed by atoms with van der Waals surface area (Å²) in [5, 5.41) is 2.79. The second-order valence-corrected chi connectivity index (χ2v) is 6.05. The number of piperazine rings is 1. The van der Waals surface area contributed by atoms with Crippen LogP contribution in [0.25, 0.3) is 0 Å². The molecule has 0 atom stereocenters. The molecule has 1 N–H and O–H groups in total. The first-order chi connectivity index (χ1) is 12.1. The molecule has 0 saturated carbocycles. The molecule has 0 radical (unpaired) electrons. The summed E-state index contributed by atoms with van der Waals surface area (Å²) in [5.74, 6) is -0.460. The molecule has 2 saturated heterocycles. The van der Waals surface area contributed by atoms with Crippen LogP contribution in [0.1, 0.15) is 13.3 Å². The van der Waals surface area contributed by atoms with Crippen molar-refractivity contribution >= 4 is 17.9 Å². The van der Waals surface area contributed by atoms with Gasteiger partial charge in [-0.2, -0.15) is 0 Å². The van der Waals surface area contributed by atoms with Gasteiger partial charge in [0.05, 0.1) is 19.8 Å². The van der Waals surface area contributed by atoms with E-state index in [4.69, 9.17) is 9.47 Å². The number of hydrogen-bond acceptors (Lipinski definition) is 6. The minimum Gasteiger partial charge on any atom is -0.450 e. The first kappa shape index (κ1) is 19.5. The molecule has 142 valence electrons. The average Bonchev–Trinajstić information content (AvgIpc) is 2.63. The maximum Gasteiger partial charge on any atom is 0.409 e. The molecule has 9 heteroatoms. The number of carbonyl (C=O) groups is 3. The van der Waals surface area contributed by atoms with Crippen molar-refractivity contribution in [1.29, 1.82) is 0 Å². The summed E-state index contributed by atoms with van der Waals surface area (Å²) in [6, 6.07) is 0. The maximum atomic E-state index is 12.2. The van der Waals surface area contributed by atoms with E-state index in [9.17, 15) is 14.4 Å². The topological polar surface area (TPSA) is 91.4 Å². The molecule has 0 aromatic rings. The minimum absolute atomic E-state index is 0.150. The highest BCUT2D eigenvalue weighted by atomic mass is 16.6. The smallest absolute Gasteiger partial charge is 0.409 e. The van der Waals surface area contributed by atoms with Crippen LogP contribution in [0.4, 0.5) is 4.79 Å². The first-order valence-electron chi connectivity index (χ1n) is 8.86. The summed E-state index contributed by atoms with van der Waals surface area (Å²) in [6.07, 6.45) is -0.502. The second-order valence-electron chi connectivity index (χ2n) is 6.05. The first-order valence-corrected chi connectivity index (χ1v) is 8.86. The number of hydrogen-bond donors (Lipinski definition) is 1. The Hall–Kier alpha value is -1.87. The van der Waals surface area contributed by atoms with E-state index in [-0.39, 0.29) is 24.3 Å². The lowest BCUT2D eigenvalue weighted by molar-refractivity contribution is -0.137. The molecule has 2 aliphatic heterocycles. The third kappa shape index (κ3) is 6.50. The minimum atomic E-state index is -0.351. The number of nitrogens with zero attached hydrogens (tertiary/aromatic N) is 3. The van der Waals surface area contributed by atoms with E-state index in [1.165, 1.54) is 0 Å². The van der Waals surface area contributed by atoms with Gasteiger partial charge in [-0.3, -0.25) is 14.5 Å². The summed E-state index contributed by atoms with van der Waals surface area (Å²) >= 11 is 0. The van der Waals surface area contributed by atoms with Crippen molar-refractivity contribution in [2.24, 2.45) is 0 Å². The van der Waals surface area contributed by atoms with Gasteiger partial charge in [0.15, 0.2) is 0 Å². The fraction of sp³-hybridized carbons (Fsp3) is 0.812. The monoisotopic (exact) mass is 356 g/mol. The highest BCUT2D eigenvalue weighted by Crippen LogP contribution is 2.05. The molecule has 0 aromatic heterocycles. The summed E-state index contributed by atoms with van der Waals surface area (Å²) in [4.78, 5) is 41.1. The number of carbonyl (C=O) groups excluding carboxylic acids is 3. The van der Waals surface area contributed by atoms with Crippen LogP contribution in [0, 0.1) is 0 Å². The summed E-state index contributed by atoms with van der Waals surface area (Å²) in [6.45, 7) is 8.32. The quantitative estimate of drug-likeness (QED) is 0.622. The van der Waals surface area contributed by atoms with Crippen LogP contribution in [-0.4, -0.2) is 105 Å². The van der Waals surface area contributed by atoms with Gasteiger partial charge in [0, 0.05) is 52.4 Å². The predicted octanol–water partition coefficient (Wildman–Crippen LogP) is -0.874. The Morgan fingerprint density at radius 1 is 1.00 bits per heavy atom. The van der Waals surface area contributed by atoms with E-state index in [2.05, 4.69) is 10.2 Å². The van der Waals surface area contributed by atoms with Gasteiger partial charge in [-0.25, -0.2) is 4.79 Å². The maximum absolute atomic E-state index is 12.2. The Morgan fingerprint density at radius 2 is 1.64 bits per heavy atom. The lowest BCUT2D eigenvalue weighted by atomic mass is 10.2. The van der Waals surface area contributed by atoms with Gasteiger partial charge in [-0.05, 0) is 6.92 Å². The average molecular weight is 356 g/mol. The van der Waals surface area contributed by atoms with E-state index in [0.717, 1.165) is 32.8 Å². The van der Waals surface area contributed by atoms with Gasteiger partial charge in [-0.1, -0.05) is 0 Å². The Bertz CT molecular complexity index is 459. The van der Waals surface area contributed by atoms with E-state index >= 15 is 0 Å². The van der Waals surface area contributed by atoms with Gasteiger partial charge in [0.25, 0.3) is 0 Å². The fourth-order valence-corrected chi connectivity index (χ4v) is 2.84. The zero-order valence-corrected chi connectivity index (χ0v) is 14.9. The third-order valence-corrected chi connectivity index (χ3v) is 4.32. The molecular weight excluding hydrogens is 328 g/mol. The number of morpholine rings is 1. The number of ether oxygens (including phenoxy) is 2. The predicted molar refractivity (Wildman–Crippen MR) is 90.1 cm³/mol. The number of amides is 3. The molecule has 0 unspecified atom stereocenters. The lowest BCUT2D eigenvalue weighted by Crippen LogP contribution is -2.51. The molecule has 2 aliphatic rings. The largest absolute Gasteiger partial charge is 0.450 e. The van der Waals surface area contributed by atoms with Crippen molar-refractivity contribution < 1.29 is 23.9 Å². The van der Waals surface area contributed by atoms with Gasteiger partial charge < -0.3 is 24.6 Å². The zero-order valence-electron chi connectivity index (χ0n) is 14.9. The lowest BCUT2D eigenvalue weighted by Gasteiger charge is -2.34. The SMILES string of the molecule is CCOC(=O)N1CCN(C(=O)CC(=O)NCCN2CCOCC2)CC1. The summed E-state index contributed by atoms with van der Waals surface area (Å²) in [7, 11) is 0. The molecule has 25 heavy (non-hydrogen) atoms. The van der Waals surface area contributed by atoms with Crippen LogP contribution in [-0.2, 0) is 19.1 Å². The van der Waals surface area contributed by atoms with Gasteiger partial charge >= 0.3 is 6.09 Å². The van der Waals surface area contributed by atoms with Crippen molar-refractivity contribution in [3.63, 3.8) is 0 Å². The molecule has 2 heterocycles. The molecule has 0 spiro atoms. The van der Waals surface area contributed by atoms with Crippen LogP contribution in [0.5, 0.6) is 0 Å². The van der Waals surface area contributed by atoms with Crippen molar-refractivity contribution in [2.75, 3.05) is 72.2 Å². The molecule has 2 fully saturated rings. The molecule has 3 amide bonds. The van der Waals surface area contributed by atoms with Crippen LogP contribution in [0.15, 0.2) is 0 Å². The van der Waals surface area contributed by atoms with E-state index in [0.29, 0.717) is 39.3 Å². The fourth-order valence-electron chi connectivity index (χ4n) is 2.84. The van der Waals surface area contributed by atoms with E-state index in [1.807, 2.05) is 0 Å². The number of rotatable bonds is 6. The van der Waals surface area contributed by atoms with E-state index in [1.54, 1.807) is 16.7 Å². The van der Waals surface area contributed by atoms with Crippen LogP contribution in [0.2, 0.25) is 0 Å². The Morgan fingerprint density at radius 3 is 2.28 bits per heavy atom. The molecule has 0 aromatic carbocycles. The highest BCUT2D eigenvalue weighted by molar-refractivity contribution is 5.96. The summed E-state index contributed by atoms with van der Waals surface area (Å²) in [5.41, 5.74) is 0. The Kier molecular flexibility index (Phi) is 7.93. The second kappa shape index (κ2) is 10.2. The van der Waals surface area contributed by atoms with Crippen molar-refractivity contribution in [3.05, 3.63) is 0 Å². The van der Waals surface area contributed by atoms with Gasteiger partial charge in [0.2, 0.25) is 11.8 Å². The van der Waals surface area contributed by atoms with Crippen LogP contribution >= 0.6 is 0 Å². The molecule has 9 nitrogen and oxygen atoms in total. The van der Waals surface area contributed by atoms with Gasteiger partial charge in [0.1, 0.15) is 6.42 Å². The van der Waals surface area contributed by atoms with Crippen molar-refractivity contribution in [1.82, 2.24) is 20.0 Å². The Labute approximate surface area is 148 Å². The molecular formula is C16H28N4O5. The standard InChI is InChI=1S/C16H28N4O5/c1-2-25-16(23)20-7-5-19(6-8-20)15(22)13-14(21)17-3-4-18-9-11-24-12-10-18/h2-13H2,1H3,(H,17,21). The normalized spacial score (nSPS) is 18.8. The molecule has 0 aliphatic carbocycles. The number of nitrogens with one attached hydrogen (secondary N) is 1. The van der Waals surface area contributed by atoms with Crippen molar-refractivity contribution in [2.45, 2.75) is 13.3 Å². The van der Waals surface area contributed by atoms with Crippen molar-refractivity contribution in [3.8, 4) is 0 Å². The van der Waals surface area contributed by atoms with Gasteiger partial charge in [-0.15, -0.1) is 0 Å². The highest BCUT2D eigenvalue weighted by Gasteiger charge is 2.25. The zero-order chi connectivity index (χ0) is 18.1.